The summed E-state index contributed by atoms with van der Waals surface area (Å²) < 4.78 is 44.1. The van der Waals surface area contributed by atoms with Gasteiger partial charge in [0.05, 0.1) is 18.9 Å². The fraction of sp³-hybridized carbons (Fsp3) is 1.00. The molecule has 0 spiro atoms. The van der Waals surface area contributed by atoms with Crippen molar-refractivity contribution in [3.05, 3.63) is 10.4 Å². The summed E-state index contributed by atoms with van der Waals surface area (Å²) in [6.45, 7) is 3.07. The van der Waals surface area contributed by atoms with E-state index in [1.807, 2.05) is 0 Å². The third-order valence-corrected chi connectivity index (χ3v) is 3.62. The second-order valence-electron chi connectivity index (χ2n) is 5.31. The van der Waals surface area contributed by atoms with Crippen LogP contribution in [-0.4, -0.2) is 62.8 Å². The SMILES string of the molecule is CC1(C)O[C@H]2O[C@@H](CN=[N+]=[N-])[C@@H](O)[C@H](OS(C)(=O)=O)[C@H]2O1. The van der Waals surface area contributed by atoms with Crippen LogP contribution < -0.4 is 0 Å². The molecule has 0 saturated carbocycles. The van der Waals surface area contributed by atoms with Crippen molar-refractivity contribution in [2.45, 2.75) is 50.3 Å². The summed E-state index contributed by atoms with van der Waals surface area (Å²) in [5.41, 5.74) is 8.34. The van der Waals surface area contributed by atoms with Gasteiger partial charge in [0.1, 0.15) is 18.3 Å². The van der Waals surface area contributed by atoms with Crippen LogP contribution in [0.1, 0.15) is 13.8 Å². The maximum Gasteiger partial charge on any atom is 0.264 e. The number of nitrogens with zero attached hydrogens (tertiary/aromatic N) is 3. The first kappa shape index (κ1) is 16.4. The molecular formula is C10H17N3O7S. The van der Waals surface area contributed by atoms with Gasteiger partial charge >= 0.3 is 0 Å². The number of fused-ring (bicyclic) bond motifs is 1. The molecule has 1 N–H and O–H groups in total. The molecule has 2 saturated heterocycles. The van der Waals surface area contributed by atoms with Crippen LogP contribution in [0, 0.1) is 0 Å². The molecule has 0 aliphatic carbocycles. The molecule has 0 aromatic rings. The Morgan fingerprint density at radius 1 is 1.43 bits per heavy atom. The van der Waals surface area contributed by atoms with Gasteiger partial charge in [-0.05, 0) is 19.4 Å². The third-order valence-electron chi connectivity index (χ3n) is 3.05. The van der Waals surface area contributed by atoms with Crippen molar-refractivity contribution in [1.82, 2.24) is 0 Å². The molecular weight excluding hydrogens is 306 g/mol. The molecule has 5 atom stereocenters. The van der Waals surface area contributed by atoms with Gasteiger partial charge in [0.15, 0.2) is 12.1 Å². The maximum atomic E-state index is 11.4. The molecule has 2 fully saturated rings. The van der Waals surface area contributed by atoms with Crippen LogP contribution in [0.3, 0.4) is 0 Å². The van der Waals surface area contributed by atoms with E-state index in [0.717, 1.165) is 6.26 Å². The quantitative estimate of drug-likeness (QED) is 0.329. The number of hydrogen-bond acceptors (Lipinski definition) is 8. The highest BCUT2D eigenvalue weighted by atomic mass is 32.2. The molecule has 11 heteroatoms. The van der Waals surface area contributed by atoms with Crippen molar-refractivity contribution in [2.75, 3.05) is 12.8 Å². The maximum absolute atomic E-state index is 11.4. The minimum atomic E-state index is -3.83. The van der Waals surface area contributed by atoms with Gasteiger partial charge in [-0.15, -0.1) is 0 Å². The molecule has 21 heavy (non-hydrogen) atoms. The standard InChI is InChI=1S/C10H17N3O7S/c1-10(2)18-8-7(20-21(3,15)16)6(14)5(4-12-13-11)17-9(8)19-10/h5-9,14H,4H2,1-3H3/t5-,6+,7-,8+,9+/m0/s1. The van der Waals surface area contributed by atoms with Crippen LogP contribution in [0.2, 0.25) is 0 Å². The number of ether oxygens (including phenoxy) is 3. The van der Waals surface area contributed by atoms with Gasteiger partial charge in [0, 0.05) is 4.91 Å². The van der Waals surface area contributed by atoms with Crippen molar-refractivity contribution in [2.24, 2.45) is 5.11 Å². The highest BCUT2D eigenvalue weighted by molar-refractivity contribution is 7.86. The van der Waals surface area contributed by atoms with Gasteiger partial charge in [0.25, 0.3) is 10.1 Å². The second-order valence-corrected chi connectivity index (χ2v) is 6.91. The molecule has 2 rings (SSSR count). The minimum Gasteiger partial charge on any atom is -0.388 e. The van der Waals surface area contributed by atoms with Crippen LogP contribution in [0.25, 0.3) is 10.4 Å². The molecule has 0 amide bonds. The highest BCUT2D eigenvalue weighted by Gasteiger charge is 2.55. The topological polar surface area (TPSA) is 140 Å². The molecule has 10 nitrogen and oxygen atoms in total. The van der Waals surface area contributed by atoms with Gasteiger partial charge < -0.3 is 19.3 Å². The molecule has 0 unspecified atom stereocenters. The summed E-state index contributed by atoms with van der Waals surface area (Å²) in [7, 11) is -3.83. The lowest BCUT2D eigenvalue weighted by molar-refractivity contribution is -0.243. The fourth-order valence-electron chi connectivity index (χ4n) is 2.33. The fourth-order valence-corrected chi connectivity index (χ4v) is 2.95. The van der Waals surface area contributed by atoms with Crippen LogP contribution in [-0.2, 0) is 28.5 Å². The Morgan fingerprint density at radius 2 is 2.10 bits per heavy atom. The minimum absolute atomic E-state index is 0.186. The highest BCUT2D eigenvalue weighted by Crippen LogP contribution is 2.37. The van der Waals surface area contributed by atoms with E-state index in [0.29, 0.717) is 0 Å². The van der Waals surface area contributed by atoms with E-state index in [4.69, 9.17) is 23.9 Å². The summed E-state index contributed by atoms with van der Waals surface area (Å²) in [4.78, 5) is 2.58. The van der Waals surface area contributed by atoms with E-state index in [1.165, 1.54) is 0 Å². The molecule has 2 aliphatic rings. The van der Waals surface area contributed by atoms with E-state index in [2.05, 4.69) is 10.0 Å². The third kappa shape index (κ3) is 3.83. The molecule has 0 bridgehead atoms. The Hall–Kier alpha value is -0.940. The summed E-state index contributed by atoms with van der Waals surface area (Å²) in [6, 6.07) is 0. The van der Waals surface area contributed by atoms with E-state index < -0.39 is 46.6 Å². The van der Waals surface area contributed by atoms with Crippen LogP contribution in [0.15, 0.2) is 5.11 Å². The van der Waals surface area contributed by atoms with Crippen molar-refractivity contribution >= 4 is 10.1 Å². The zero-order valence-electron chi connectivity index (χ0n) is 11.7. The van der Waals surface area contributed by atoms with Gasteiger partial charge in [-0.25, -0.2) is 0 Å². The first-order valence-corrected chi connectivity index (χ1v) is 8.03. The van der Waals surface area contributed by atoms with E-state index in [-0.39, 0.29) is 6.54 Å². The Labute approximate surface area is 121 Å². The van der Waals surface area contributed by atoms with Crippen molar-refractivity contribution < 1.29 is 31.9 Å². The van der Waals surface area contributed by atoms with Gasteiger partial charge in [-0.3, -0.25) is 4.18 Å². The lowest BCUT2D eigenvalue weighted by Crippen LogP contribution is -2.58. The Balaban J connectivity index is 2.26. The number of aliphatic hydroxyl groups is 1. The molecule has 0 radical (unpaired) electrons. The van der Waals surface area contributed by atoms with Gasteiger partial charge in [-0.1, -0.05) is 5.11 Å². The predicted octanol–water partition coefficient (Wildman–Crippen LogP) is -0.121. The average molecular weight is 323 g/mol. The number of aliphatic hydroxyl groups excluding tert-OH is 1. The zero-order valence-corrected chi connectivity index (χ0v) is 12.6. The van der Waals surface area contributed by atoms with Crippen LogP contribution in [0.5, 0.6) is 0 Å². The molecule has 0 aromatic carbocycles. The normalized spacial score (nSPS) is 38.6. The molecule has 0 aromatic heterocycles. The lowest BCUT2D eigenvalue weighted by atomic mass is 9.99. The Kier molecular flexibility index (Phi) is 4.45. The summed E-state index contributed by atoms with van der Waals surface area (Å²) in [5, 5.41) is 13.5. The first-order chi connectivity index (χ1) is 9.63. The lowest BCUT2D eigenvalue weighted by Gasteiger charge is -2.38. The van der Waals surface area contributed by atoms with Crippen LogP contribution >= 0.6 is 0 Å². The number of hydrogen-bond donors (Lipinski definition) is 1. The van der Waals surface area contributed by atoms with Crippen molar-refractivity contribution in [3.8, 4) is 0 Å². The summed E-state index contributed by atoms with van der Waals surface area (Å²) >= 11 is 0. The molecule has 2 heterocycles. The van der Waals surface area contributed by atoms with Gasteiger partial charge in [-0.2, -0.15) is 8.42 Å². The second kappa shape index (κ2) is 5.69. The largest absolute Gasteiger partial charge is 0.388 e. The number of azide groups is 1. The van der Waals surface area contributed by atoms with Crippen molar-refractivity contribution in [3.63, 3.8) is 0 Å². The smallest absolute Gasteiger partial charge is 0.264 e. The first-order valence-electron chi connectivity index (χ1n) is 6.21. The Morgan fingerprint density at radius 3 is 2.67 bits per heavy atom. The van der Waals surface area contributed by atoms with Crippen molar-refractivity contribution in [1.29, 1.82) is 0 Å². The number of rotatable bonds is 4. The predicted molar refractivity (Wildman–Crippen MR) is 68.4 cm³/mol. The molecule has 120 valence electrons. The zero-order chi connectivity index (χ0) is 15.8. The summed E-state index contributed by atoms with van der Waals surface area (Å²) in [5.74, 6) is -1.01. The average Bonchev–Trinajstić information content (AvgIpc) is 2.64. The monoisotopic (exact) mass is 323 g/mol. The molecule has 2 aliphatic heterocycles. The van der Waals surface area contributed by atoms with Crippen LogP contribution in [0.4, 0.5) is 0 Å². The van der Waals surface area contributed by atoms with E-state index >= 15 is 0 Å². The van der Waals surface area contributed by atoms with E-state index in [1.54, 1.807) is 13.8 Å². The Bertz CT molecular complexity index is 545. The van der Waals surface area contributed by atoms with Gasteiger partial charge in [0.2, 0.25) is 0 Å². The van der Waals surface area contributed by atoms with E-state index in [9.17, 15) is 13.5 Å². The summed E-state index contributed by atoms with van der Waals surface area (Å²) in [6.07, 6.45) is -4.47.